The molecule has 72 heavy (non-hydrogen) atoms. The summed E-state index contributed by atoms with van der Waals surface area (Å²) in [5.41, 5.74) is 0. The van der Waals surface area contributed by atoms with Crippen molar-refractivity contribution in [2.45, 2.75) is 251 Å². The molecule has 2 atom stereocenters. The fraction of sp³-hybridized carbons (Fsp3) is 0.865. The van der Waals surface area contributed by atoms with Gasteiger partial charge in [-0.2, -0.15) is 0 Å². The number of ether oxygens (including phenoxy) is 3. The smallest absolute Gasteiger partial charge is 0.462 e. The molecule has 0 spiro atoms. The number of phosphoric acid groups is 1. The number of nitrogens with zero attached hydrogens (tertiary/aromatic N) is 1. The van der Waals surface area contributed by atoms with E-state index in [-0.39, 0.29) is 71.0 Å². The second-order valence-electron chi connectivity index (χ2n) is 18.7. The molecular weight excluding hydrogens is 952 g/mol. The molecule has 4 amide bonds. The van der Waals surface area contributed by atoms with E-state index in [1.54, 1.807) is 0 Å². The summed E-state index contributed by atoms with van der Waals surface area (Å²) in [5.74, 6) is -3.74. The number of alkyl carbamates (subject to hydrolysis) is 1. The lowest BCUT2D eigenvalue weighted by atomic mass is 10.0. The number of nitrogens with one attached hydrogen (secondary N) is 2. The maximum atomic E-state index is 12.8. The molecule has 20 heteroatoms. The van der Waals surface area contributed by atoms with Gasteiger partial charge in [0.2, 0.25) is 5.91 Å². The molecule has 420 valence electrons. The fourth-order valence-corrected chi connectivity index (χ4v) is 8.67. The monoisotopic (exact) mass is 1050 g/mol. The lowest BCUT2D eigenvalue weighted by Crippen LogP contribution is -2.34. The Kier molecular flexibility index (Phi) is 44.7. The molecular formula is C52H97N4O15P. The number of unbranched alkanes of at least 4 members (excludes halogenated alkanes) is 28. The maximum Gasteiger partial charge on any atom is 0.472 e. The van der Waals surface area contributed by atoms with Gasteiger partial charge in [0.25, 0.3) is 11.8 Å². The number of hydrogen-bond acceptors (Lipinski definition) is 15. The number of rotatable bonds is 49. The van der Waals surface area contributed by atoms with Crippen molar-refractivity contribution in [1.29, 1.82) is 0 Å². The van der Waals surface area contributed by atoms with E-state index >= 15 is 0 Å². The Bertz CT molecular complexity index is 1490. The van der Waals surface area contributed by atoms with Crippen LogP contribution in [0.4, 0.5) is 4.79 Å². The maximum absolute atomic E-state index is 12.8. The molecule has 0 saturated carbocycles. The standard InChI is InChI=1S/C52H94N3O15P.H3N/c1-3-5-7-9-11-13-15-17-19-21-23-25-27-29-31-33-49(59)66-43-45(69-50(60)34-32-30-28-26-24-22-20-18-16-14-12-10-8-6-4-2)44-68-71(63,64)67-42-40-54-52(62)65-41-39-53-46(56)35-38-51(61)70-55-47(57)36-37-48(55)58;/h45H,3-44H2,1-2H3,(H,53,56)(H,54,62)(H,63,64);1H3/t45-;/m1./s1. The van der Waals surface area contributed by atoms with E-state index in [2.05, 4.69) is 24.5 Å². The van der Waals surface area contributed by atoms with Gasteiger partial charge in [0, 0.05) is 38.6 Å². The average Bonchev–Trinajstić information content (AvgIpc) is 3.66. The summed E-state index contributed by atoms with van der Waals surface area (Å²) in [7, 11) is -4.70. The molecule has 0 aromatic rings. The van der Waals surface area contributed by atoms with Gasteiger partial charge in [0.15, 0.2) is 6.10 Å². The zero-order valence-electron chi connectivity index (χ0n) is 44.5. The highest BCUT2D eigenvalue weighted by atomic mass is 31.2. The minimum atomic E-state index is -4.70. The first-order valence-corrected chi connectivity index (χ1v) is 29.1. The van der Waals surface area contributed by atoms with Crippen LogP contribution in [0, 0.1) is 0 Å². The van der Waals surface area contributed by atoms with Crippen LogP contribution in [0.2, 0.25) is 0 Å². The molecule has 19 nitrogen and oxygen atoms in total. The van der Waals surface area contributed by atoms with Crippen LogP contribution in [0.1, 0.15) is 245 Å². The van der Waals surface area contributed by atoms with Crippen molar-refractivity contribution in [3.05, 3.63) is 0 Å². The summed E-state index contributed by atoms with van der Waals surface area (Å²) in [5, 5.41) is 5.14. The normalized spacial score (nSPS) is 13.5. The molecule has 1 rings (SSSR count). The molecule has 1 unspecified atom stereocenters. The summed E-state index contributed by atoms with van der Waals surface area (Å²) < 4.78 is 38.6. The number of imide groups is 1. The van der Waals surface area contributed by atoms with E-state index in [9.17, 15) is 43.0 Å². The molecule has 1 fully saturated rings. The molecule has 0 bridgehead atoms. The SMILES string of the molecule is CCCCCCCCCCCCCCCCCC(=O)OC[C@H](COP(=O)(O)OCCNC(=O)OCCNC(=O)CCC(=O)ON1C(=O)CCC1=O)OC(=O)CCCCCCCCCCCCCCCCC.N. The predicted molar refractivity (Wildman–Crippen MR) is 275 cm³/mol. The van der Waals surface area contributed by atoms with Crippen LogP contribution in [-0.2, 0) is 61.4 Å². The van der Waals surface area contributed by atoms with Crippen LogP contribution in [-0.4, -0.2) is 97.3 Å². The number of esters is 2. The zero-order valence-corrected chi connectivity index (χ0v) is 45.4. The van der Waals surface area contributed by atoms with Crippen LogP contribution in [0.15, 0.2) is 0 Å². The van der Waals surface area contributed by atoms with Crippen molar-refractivity contribution in [1.82, 2.24) is 21.8 Å². The van der Waals surface area contributed by atoms with Gasteiger partial charge in [-0.05, 0) is 12.8 Å². The van der Waals surface area contributed by atoms with Gasteiger partial charge in [-0.25, -0.2) is 14.2 Å². The van der Waals surface area contributed by atoms with Gasteiger partial charge in [-0.15, -0.1) is 5.06 Å². The van der Waals surface area contributed by atoms with E-state index in [4.69, 9.17) is 28.1 Å². The molecule has 0 aromatic heterocycles. The van der Waals surface area contributed by atoms with Crippen molar-refractivity contribution >= 4 is 49.5 Å². The number of carbonyl (C=O) groups excluding carboxylic acids is 7. The third-order valence-corrected chi connectivity index (χ3v) is 13.1. The van der Waals surface area contributed by atoms with Gasteiger partial charge in [-0.1, -0.05) is 194 Å². The topological polar surface area (TPSA) is 274 Å². The summed E-state index contributed by atoms with van der Waals surface area (Å²) in [6.45, 7) is 2.50. The molecule has 0 radical (unpaired) electrons. The number of carbonyl (C=O) groups is 7. The summed E-state index contributed by atoms with van der Waals surface area (Å²) >= 11 is 0. The molecule has 6 N–H and O–H groups in total. The highest BCUT2D eigenvalue weighted by Gasteiger charge is 2.33. The Balaban J connectivity index is 0.0000504. The molecule has 1 aliphatic heterocycles. The first kappa shape index (κ1) is 68.4. The summed E-state index contributed by atoms with van der Waals surface area (Å²) in [6.07, 6.45) is 33.5. The van der Waals surface area contributed by atoms with E-state index in [1.165, 1.54) is 141 Å². The lowest BCUT2D eigenvalue weighted by molar-refractivity contribution is -0.197. The lowest BCUT2D eigenvalue weighted by Gasteiger charge is -2.20. The molecule has 0 aromatic carbocycles. The number of phosphoric ester groups is 1. The van der Waals surface area contributed by atoms with Crippen molar-refractivity contribution in [2.75, 3.05) is 39.5 Å². The van der Waals surface area contributed by atoms with E-state index in [0.717, 1.165) is 38.5 Å². The molecule has 1 saturated heterocycles. The second kappa shape index (κ2) is 47.1. The first-order chi connectivity index (χ1) is 34.4. The van der Waals surface area contributed by atoms with Gasteiger partial charge >= 0.3 is 31.8 Å². The third-order valence-electron chi connectivity index (χ3n) is 12.2. The number of hydroxylamine groups is 2. The number of amides is 4. The minimum Gasteiger partial charge on any atom is -0.462 e. The quantitative estimate of drug-likeness (QED) is 0.0145. The number of hydrogen-bond donors (Lipinski definition) is 4. The van der Waals surface area contributed by atoms with Crippen LogP contribution < -0.4 is 16.8 Å². The van der Waals surface area contributed by atoms with Crippen LogP contribution in [0.3, 0.4) is 0 Å². The predicted octanol–water partition coefficient (Wildman–Crippen LogP) is 11.5. The Hall–Kier alpha value is -3.64. The van der Waals surface area contributed by atoms with Crippen LogP contribution in [0.5, 0.6) is 0 Å². The van der Waals surface area contributed by atoms with Crippen molar-refractivity contribution in [3.63, 3.8) is 0 Å². The Morgan fingerprint density at radius 3 is 1.39 bits per heavy atom. The van der Waals surface area contributed by atoms with E-state index < -0.39 is 68.9 Å². The van der Waals surface area contributed by atoms with Crippen LogP contribution >= 0.6 is 7.82 Å². The fourth-order valence-electron chi connectivity index (χ4n) is 7.92. The van der Waals surface area contributed by atoms with E-state index in [0.29, 0.717) is 17.9 Å². The summed E-state index contributed by atoms with van der Waals surface area (Å²) in [6, 6.07) is 0. The highest BCUT2D eigenvalue weighted by molar-refractivity contribution is 7.47. The highest BCUT2D eigenvalue weighted by Crippen LogP contribution is 2.43. The van der Waals surface area contributed by atoms with Crippen molar-refractivity contribution < 1.29 is 71.1 Å². The summed E-state index contributed by atoms with van der Waals surface area (Å²) in [4.78, 5) is 99.4. The van der Waals surface area contributed by atoms with Gasteiger partial charge in [0.05, 0.1) is 26.2 Å². The first-order valence-electron chi connectivity index (χ1n) is 27.6. The average molecular weight is 1050 g/mol. The Morgan fingerprint density at radius 1 is 0.514 bits per heavy atom. The van der Waals surface area contributed by atoms with E-state index in [1.807, 2.05) is 0 Å². The zero-order chi connectivity index (χ0) is 52.1. The Labute approximate surface area is 431 Å². The van der Waals surface area contributed by atoms with Gasteiger partial charge in [0.1, 0.15) is 13.2 Å². The van der Waals surface area contributed by atoms with Gasteiger partial charge in [-0.3, -0.25) is 33.0 Å². The molecule has 0 aliphatic carbocycles. The molecule has 1 heterocycles. The van der Waals surface area contributed by atoms with Crippen molar-refractivity contribution in [2.24, 2.45) is 0 Å². The molecule has 1 aliphatic rings. The van der Waals surface area contributed by atoms with Crippen LogP contribution in [0.25, 0.3) is 0 Å². The van der Waals surface area contributed by atoms with Crippen molar-refractivity contribution in [3.8, 4) is 0 Å². The minimum absolute atomic E-state index is 0. The Morgan fingerprint density at radius 2 is 0.931 bits per heavy atom. The largest absolute Gasteiger partial charge is 0.472 e. The second-order valence-corrected chi connectivity index (χ2v) is 20.2. The third kappa shape index (κ3) is 41.8. The van der Waals surface area contributed by atoms with Gasteiger partial charge < -0.3 is 40.7 Å².